The molecule has 0 unspecified atom stereocenters. The number of carbonyl (C=O) groups is 1. The SMILES string of the molecule is Cc1ccc(C)c(NC(=O)[C@@H](C)Sc2nnc(C)n2N)c1. The molecule has 0 aliphatic heterocycles. The highest BCUT2D eigenvalue weighted by Crippen LogP contribution is 2.23. The molecule has 0 fully saturated rings. The van der Waals surface area contributed by atoms with Gasteiger partial charge in [-0.3, -0.25) is 4.79 Å². The van der Waals surface area contributed by atoms with Crippen molar-refractivity contribution < 1.29 is 4.79 Å². The monoisotopic (exact) mass is 305 g/mol. The molecule has 7 heteroatoms. The minimum Gasteiger partial charge on any atom is -0.336 e. The lowest BCUT2D eigenvalue weighted by Crippen LogP contribution is -2.24. The van der Waals surface area contributed by atoms with Gasteiger partial charge in [-0.2, -0.15) is 0 Å². The predicted octanol–water partition coefficient (Wildman–Crippen LogP) is 2.04. The van der Waals surface area contributed by atoms with Crippen LogP contribution in [0.2, 0.25) is 0 Å². The number of hydrogen-bond donors (Lipinski definition) is 2. The van der Waals surface area contributed by atoms with E-state index in [2.05, 4.69) is 15.5 Å². The molecular formula is C14H19N5OS. The maximum atomic E-state index is 12.3. The number of amides is 1. The van der Waals surface area contributed by atoms with Crippen LogP contribution in [0.3, 0.4) is 0 Å². The highest BCUT2D eigenvalue weighted by atomic mass is 32.2. The Morgan fingerprint density at radius 1 is 1.33 bits per heavy atom. The van der Waals surface area contributed by atoms with Crippen LogP contribution in [-0.2, 0) is 4.79 Å². The van der Waals surface area contributed by atoms with Crippen LogP contribution in [0.5, 0.6) is 0 Å². The number of aryl methyl sites for hydroxylation is 3. The lowest BCUT2D eigenvalue weighted by molar-refractivity contribution is -0.115. The van der Waals surface area contributed by atoms with Gasteiger partial charge in [0.05, 0.1) is 5.25 Å². The predicted molar refractivity (Wildman–Crippen MR) is 84.8 cm³/mol. The first-order valence-electron chi connectivity index (χ1n) is 6.60. The molecule has 1 aromatic heterocycles. The van der Waals surface area contributed by atoms with Crippen molar-refractivity contribution >= 4 is 23.4 Å². The molecule has 6 nitrogen and oxygen atoms in total. The summed E-state index contributed by atoms with van der Waals surface area (Å²) >= 11 is 1.28. The second-order valence-electron chi connectivity index (χ2n) is 4.97. The van der Waals surface area contributed by atoms with Gasteiger partial charge in [0.25, 0.3) is 0 Å². The Kier molecular flexibility index (Phi) is 4.52. The Balaban J connectivity index is 2.06. The third-order valence-corrected chi connectivity index (χ3v) is 4.19. The van der Waals surface area contributed by atoms with E-state index in [4.69, 9.17) is 5.84 Å². The number of rotatable bonds is 4. The van der Waals surface area contributed by atoms with Gasteiger partial charge in [0.2, 0.25) is 11.1 Å². The number of anilines is 1. The van der Waals surface area contributed by atoms with E-state index in [1.165, 1.54) is 16.4 Å². The molecule has 0 bridgehead atoms. The van der Waals surface area contributed by atoms with Crippen LogP contribution in [0.1, 0.15) is 23.9 Å². The lowest BCUT2D eigenvalue weighted by Gasteiger charge is -2.13. The lowest BCUT2D eigenvalue weighted by atomic mass is 10.1. The van der Waals surface area contributed by atoms with Crippen molar-refractivity contribution in [3.8, 4) is 0 Å². The fourth-order valence-electron chi connectivity index (χ4n) is 1.75. The van der Waals surface area contributed by atoms with Gasteiger partial charge >= 0.3 is 0 Å². The number of nitrogens with one attached hydrogen (secondary N) is 1. The third kappa shape index (κ3) is 3.55. The van der Waals surface area contributed by atoms with E-state index in [1.807, 2.05) is 39.0 Å². The summed E-state index contributed by atoms with van der Waals surface area (Å²) in [5.41, 5.74) is 2.97. The number of benzene rings is 1. The number of hydrogen-bond acceptors (Lipinski definition) is 5. The number of aromatic nitrogens is 3. The van der Waals surface area contributed by atoms with Gasteiger partial charge < -0.3 is 11.2 Å². The standard InChI is InChI=1S/C14H19N5OS/c1-8-5-6-9(2)12(7-8)16-13(20)10(3)21-14-18-17-11(4)19(14)15/h5-7,10H,15H2,1-4H3,(H,16,20)/t10-/m1/s1. The molecular weight excluding hydrogens is 286 g/mol. The van der Waals surface area contributed by atoms with Gasteiger partial charge in [-0.1, -0.05) is 23.9 Å². The summed E-state index contributed by atoms with van der Waals surface area (Å²) < 4.78 is 1.38. The Hall–Kier alpha value is -2.02. The summed E-state index contributed by atoms with van der Waals surface area (Å²) in [7, 11) is 0. The summed E-state index contributed by atoms with van der Waals surface area (Å²) in [6.07, 6.45) is 0. The molecule has 21 heavy (non-hydrogen) atoms. The zero-order valence-electron chi connectivity index (χ0n) is 12.5. The minimum atomic E-state index is -0.323. The van der Waals surface area contributed by atoms with E-state index >= 15 is 0 Å². The number of nitrogens with zero attached hydrogens (tertiary/aromatic N) is 3. The van der Waals surface area contributed by atoms with E-state index in [0.717, 1.165) is 16.8 Å². The third-order valence-electron chi connectivity index (χ3n) is 3.14. The van der Waals surface area contributed by atoms with E-state index in [0.29, 0.717) is 11.0 Å². The second-order valence-corrected chi connectivity index (χ2v) is 6.28. The molecule has 0 saturated carbocycles. The highest BCUT2D eigenvalue weighted by Gasteiger charge is 2.19. The molecule has 0 spiro atoms. The Labute approximate surface area is 128 Å². The second kappa shape index (κ2) is 6.17. The van der Waals surface area contributed by atoms with Crippen LogP contribution in [-0.4, -0.2) is 26.0 Å². The molecule has 1 heterocycles. The normalized spacial score (nSPS) is 12.2. The topological polar surface area (TPSA) is 85.8 Å². The molecule has 0 aliphatic rings. The van der Waals surface area contributed by atoms with Gasteiger partial charge in [0.15, 0.2) is 0 Å². The first kappa shape index (κ1) is 15.4. The average Bonchev–Trinajstić information content (AvgIpc) is 2.74. The van der Waals surface area contributed by atoms with Crippen LogP contribution < -0.4 is 11.2 Å². The summed E-state index contributed by atoms with van der Waals surface area (Å²) in [6.45, 7) is 7.53. The molecule has 0 saturated heterocycles. The van der Waals surface area contributed by atoms with Gasteiger partial charge in [0, 0.05) is 5.69 Å². The van der Waals surface area contributed by atoms with Gasteiger partial charge in [0.1, 0.15) is 5.82 Å². The molecule has 2 aromatic rings. The number of nitrogen functional groups attached to an aromatic ring is 1. The minimum absolute atomic E-state index is 0.0886. The van der Waals surface area contributed by atoms with Gasteiger partial charge in [-0.25, -0.2) is 4.68 Å². The van der Waals surface area contributed by atoms with E-state index in [9.17, 15) is 4.79 Å². The molecule has 0 radical (unpaired) electrons. The van der Waals surface area contributed by atoms with Crippen molar-refractivity contribution in [1.82, 2.24) is 14.9 Å². The summed E-state index contributed by atoms with van der Waals surface area (Å²) in [5.74, 6) is 6.31. The molecule has 112 valence electrons. The zero-order chi connectivity index (χ0) is 15.6. The highest BCUT2D eigenvalue weighted by molar-refractivity contribution is 8.00. The van der Waals surface area contributed by atoms with Crippen molar-refractivity contribution in [2.45, 2.75) is 38.1 Å². The summed E-state index contributed by atoms with van der Waals surface area (Å²) in [4.78, 5) is 12.3. The molecule has 1 amide bonds. The molecule has 1 aromatic carbocycles. The molecule has 3 N–H and O–H groups in total. The first-order valence-corrected chi connectivity index (χ1v) is 7.48. The fraction of sp³-hybridized carbons (Fsp3) is 0.357. The molecule has 1 atom stereocenters. The van der Waals surface area contributed by atoms with Crippen LogP contribution >= 0.6 is 11.8 Å². The summed E-state index contributed by atoms with van der Waals surface area (Å²) in [5, 5.41) is 11.0. The zero-order valence-corrected chi connectivity index (χ0v) is 13.4. The first-order chi connectivity index (χ1) is 9.88. The maximum absolute atomic E-state index is 12.3. The van der Waals surface area contributed by atoms with E-state index < -0.39 is 0 Å². The Morgan fingerprint density at radius 2 is 2.05 bits per heavy atom. The maximum Gasteiger partial charge on any atom is 0.237 e. The van der Waals surface area contributed by atoms with Crippen molar-refractivity contribution in [2.24, 2.45) is 0 Å². The van der Waals surface area contributed by atoms with Crippen molar-refractivity contribution in [3.05, 3.63) is 35.2 Å². The van der Waals surface area contributed by atoms with Crippen LogP contribution in [0.15, 0.2) is 23.4 Å². The van der Waals surface area contributed by atoms with Crippen LogP contribution in [0.25, 0.3) is 0 Å². The van der Waals surface area contributed by atoms with Gasteiger partial charge in [-0.15, -0.1) is 10.2 Å². The van der Waals surface area contributed by atoms with Gasteiger partial charge in [-0.05, 0) is 44.9 Å². The molecule has 2 rings (SSSR count). The van der Waals surface area contributed by atoms with Crippen molar-refractivity contribution in [1.29, 1.82) is 0 Å². The quantitative estimate of drug-likeness (QED) is 0.667. The van der Waals surface area contributed by atoms with Crippen molar-refractivity contribution in [2.75, 3.05) is 11.2 Å². The molecule has 0 aliphatic carbocycles. The number of nitrogens with two attached hydrogens (primary N) is 1. The Morgan fingerprint density at radius 3 is 2.67 bits per heavy atom. The largest absolute Gasteiger partial charge is 0.336 e. The van der Waals surface area contributed by atoms with E-state index in [1.54, 1.807) is 6.92 Å². The van der Waals surface area contributed by atoms with Crippen molar-refractivity contribution in [3.63, 3.8) is 0 Å². The number of carbonyl (C=O) groups excluding carboxylic acids is 1. The van der Waals surface area contributed by atoms with Crippen LogP contribution in [0.4, 0.5) is 5.69 Å². The smallest absolute Gasteiger partial charge is 0.237 e. The summed E-state index contributed by atoms with van der Waals surface area (Å²) in [6, 6.07) is 5.96. The van der Waals surface area contributed by atoms with Crippen LogP contribution in [0, 0.1) is 20.8 Å². The Bertz CT molecular complexity index is 667. The number of thioether (sulfide) groups is 1. The fourth-order valence-corrected chi connectivity index (χ4v) is 2.56. The average molecular weight is 305 g/mol. The van der Waals surface area contributed by atoms with E-state index in [-0.39, 0.29) is 11.2 Å².